The summed E-state index contributed by atoms with van der Waals surface area (Å²) in [5, 5.41) is 11.7. The first kappa shape index (κ1) is 20.7. The Morgan fingerprint density at radius 3 is 2.26 bits per heavy atom. The standard InChI is InChI=1S/C19H20F2N2O3S/c1-10-7-11(5-6-12(10)17(24)22-19(2,3)4)27-23-16-9-14(20)13(18(25)26)8-15(16)21/h5-9,23H,1-4H3,(H,22,24)(H,25,26). The number of carbonyl (C=O) groups excluding carboxylic acids is 1. The van der Waals surface area contributed by atoms with Crippen molar-refractivity contribution >= 4 is 29.5 Å². The van der Waals surface area contributed by atoms with E-state index in [1.807, 2.05) is 20.8 Å². The fraction of sp³-hybridized carbons (Fsp3) is 0.263. The van der Waals surface area contributed by atoms with Crippen LogP contribution in [0.15, 0.2) is 35.2 Å². The van der Waals surface area contributed by atoms with Gasteiger partial charge in [-0.05, 0) is 69.5 Å². The Labute approximate surface area is 160 Å². The summed E-state index contributed by atoms with van der Waals surface area (Å²) in [5.74, 6) is -3.64. The molecule has 3 N–H and O–H groups in total. The first-order valence-electron chi connectivity index (χ1n) is 8.06. The Morgan fingerprint density at radius 2 is 1.70 bits per heavy atom. The van der Waals surface area contributed by atoms with Crippen LogP contribution in [0.1, 0.15) is 47.1 Å². The first-order valence-corrected chi connectivity index (χ1v) is 8.88. The number of carbonyl (C=O) groups is 2. The van der Waals surface area contributed by atoms with Gasteiger partial charge in [0.2, 0.25) is 0 Å². The molecule has 0 saturated carbocycles. The largest absolute Gasteiger partial charge is 0.478 e. The smallest absolute Gasteiger partial charge is 0.338 e. The van der Waals surface area contributed by atoms with Crippen LogP contribution in [0.3, 0.4) is 0 Å². The zero-order chi connectivity index (χ0) is 20.4. The Morgan fingerprint density at radius 1 is 1.04 bits per heavy atom. The van der Waals surface area contributed by atoms with Crippen molar-refractivity contribution in [2.75, 3.05) is 4.72 Å². The monoisotopic (exact) mass is 394 g/mol. The van der Waals surface area contributed by atoms with Crippen LogP contribution in [0.5, 0.6) is 0 Å². The highest BCUT2D eigenvalue weighted by Gasteiger charge is 2.18. The molecule has 2 aromatic carbocycles. The van der Waals surface area contributed by atoms with E-state index in [1.54, 1.807) is 25.1 Å². The fourth-order valence-corrected chi connectivity index (χ4v) is 3.02. The number of nitrogens with one attached hydrogen (secondary N) is 2. The van der Waals surface area contributed by atoms with Crippen molar-refractivity contribution in [3.8, 4) is 0 Å². The molecule has 0 aliphatic rings. The molecule has 1 amide bonds. The molecule has 144 valence electrons. The van der Waals surface area contributed by atoms with E-state index in [-0.39, 0.29) is 17.1 Å². The van der Waals surface area contributed by atoms with Crippen molar-refractivity contribution < 1.29 is 23.5 Å². The van der Waals surface area contributed by atoms with E-state index in [2.05, 4.69) is 10.0 Å². The molecule has 2 rings (SSSR count). The van der Waals surface area contributed by atoms with Crippen molar-refractivity contribution in [3.05, 3.63) is 58.7 Å². The van der Waals surface area contributed by atoms with E-state index in [0.29, 0.717) is 16.5 Å². The zero-order valence-electron chi connectivity index (χ0n) is 15.3. The van der Waals surface area contributed by atoms with E-state index in [4.69, 9.17) is 5.11 Å². The number of carboxylic acids is 1. The third kappa shape index (κ3) is 5.43. The van der Waals surface area contributed by atoms with Gasteiger partial charge in [-0.15, -0.1) is 0 Å². The number of amides is 1. The Bertz CT molecular complexity index is 895. The molecule has 0 aromatic heterocycles. The number of aromatic carboxylic acids is 1. The van der Waals surface area contributed by atoms with E-state index in [9.17, 15) is 18.4 Å². The number of hydrogen-bond donors (Lipinski definition) is 3. The number of carboxylic acid groups (broad SMARTS) is 1. The third-order valence-corrected chi connectivity index (χ3v) is 4.31. The normalized spacial score (nSPS) is 11.2. The lowest BCUT2D eigenvalue weighted by Gasteiger charge is -2.21. The third-order valence-electron chi connectivity index (χ3n) is 3.50. The molecule has 0 saturated heterocycles. The Hall–Kier alpha value is -2.61. The number of benzene rings is 2. The second-order valence-electron chi connectivity index (χ2n) is 7.00. The molecular weight excluding hydrogens is 374 g/mol. The minimum atomic E-state index is -1.54. The molecule has 27 heavy (non-hydrogen) atoms. The van der Waals surface area contributed by atoms with Gasteiger partial charge in [0.25, 0.3) is 5.91 Å². The van der Waals surface area contributed by atoms with Gasteiger partial charge in [-0.2, -0.15) is 0 Å². The first-order chi connectivity index (χ1) is 12.5. The van der Waals surface area contributed by atoms with E-state index < -0.39 is 23.2 Å². The van der Waals surface area contributed by atoms with Gasteiger partial charge < -0.3 is 15.1 Å². The van der Waals surface area contributed by atoms with Gasteiger partial charge in [-0.3, -0.25) is 4.79 Å². The van der Waals surface area contributed by atoms with Crippen LogP contribution in [-0.4, -0.2) is 22.5 Å². The van der Waals surface area contributed by atoms with Crippen LogP contribution in [0.25, 0.3) is 0 Å². The number of aryl methyl sites for hydroxylation is 1. The molecule has 5 nitrogen and oxygen atoms in total. The average molecular weight is 394 g/mol. The van der Waals surface area contributed by atoms with Crippen LogP contribution in [0.2, 0.25) is 0 Å². The molecular formula is C19H20F2N2O3S. The van der Waals surface area contributed by atoms with Gasteiger partial charge in [-0.25, -0.2) is 13.6 Å². The molecule has 0 spiro atoms. The van der Waals surface area contributed by atoms with E-state index in [0.717, 1.165) is 23.6 Å². The number of rotatable bonds is 5. The van der Waals surface area contributed by atoms with E-state index >= 15 is 0 Å². The zero-order valence-corrected chi connectivity index (χ0v) is 16.1. The summed E-state index contributed by atoms with van der Waals surface area (Å²) < 4.78 is 30.3. The van der Waals surface area contributed by atoms with Crippen molar-refractivity contribution in [2.45, 2.75) is 38.1 Å². The lowest BCUT2D eigenvalue weighted by Crippen LogP contribution is -2.40. The van der Waals surface area contributed by atoms with Gasteiger partial charge in [0, 0.05) is 22.1 Å². The Kier molecular flexibility index (Phi) is 6.10. The highest BCUT2D eigenvalue weighted by atomic mass is 32.2. The lowest BCUT2D eigenvalue weighted by atomic mass is 10.1. The summed E-state index contributed by atoms with van der Waals surface area (Å²) in [5.41, 5.74) is -0.000995. The Balaban J connectivity index is 2.13. The molecule has 0 aliphatic carbocycles. The lowest BCUT2D eigenvalue weighted by molar-refractivity contribution is 0.0691. The van der Waals surface area contributed by atoms with Crippen LogP contribution >= 0.6 is 11.9 Å². The molecule has 0 bridgehead atoms. The summed E-state index contributed by atoms with van der Waals surface area (Å²) in [6, 6.07) is 6.51. The SMILES string of the molecule is Cc1cc(SNc2cc(F)c(C(=O)O)cc2F)ccc1C(=O)NC(C)(C)C. The molecule has 8 heteroatoms. The van der Waals surface area contributed by atoms with Crippen molar-refractivity contribution in [3.63, 3.8) is 0 Å². The molecule has 2 aromatic rings. The van der Waals surface area contributed by atoms with Crippen molar-refractivity contribution in [2.24, 2.45) is 0 Å². The summed E-state index contributed by atoms with van der Waals surface area (Å²) >= 11 is 1.02. The number of hydrogen-bond acceptors (Lipinski definition) is 4. The summed E-state index contributed by atoms with van der Waals surface area (Å²) in [4.78, 5) is 23.8. The minimum absolute atomic E-state index is 0.172. The van der Waals surface area contributed by atoms with Gasteiger partial charge in [0.1, 0.15) is 11.6 Å². The maximum Gasteiger partial charge on any atom is 0.338 e. The van der Waals surface area contributed by atoms with Gasteiger partial charge in [-0.1, -0.05) is 0 Å². The predicted molar refractivity (Wildman–Crippen MR) is 101 cm³/mol. The van der Waals surface area contributed by atoms with Crippen LogP contribution in [-0.2, 0) is 0 Å². The van der Waals surface area contributed by atoms with E-state index in [1.165, 1.54) is 0 Å². The molecule has 0 radical (unpaired) electrons. The van der Waals surface area contributed by atoms with Gasteiger partial charge >= 0.3 is 5.97 Å². The molecule has 0 unspecified atom stereocenters. The van der Waals surface area contributed by atoms with Gasteiger partial charge in [0.05, 0.1) is 11.3 Å². The van der Waals surface area contributed by atoms with Crippen LogP contribution in [0, 0.1) is 18.6 Å². The second kappa shape index (κ2) is 7.96. The topological polar surface area (TPSA) is 78.4 Å². The summed E-state index contributed by atoms with van der Waals surface area (Å²) in [6.45, 7) is 7.44. The summed E-state index contributed by atoms with van der Waals surface area (Å²) in [7, 11) is 0. The molecule has 0 aliphatic heterocycles. The maximum atomic E-state index is 13.9. The van der Waals surface area contributed by atoms with Crippen molar-refractivity contribution in [1.29, 1.82) is 0 Å². The molecule has 0 heterocycles. The summed E-state index contributed by atoms with van der Waals surface area (Å²) in [6.07, 6.45) is 0. The number of halogens is 2. The van der Waals surface area contributed by atoms with Gasteiger partial charge in [0.15, 0.2) is 0 Å². The molecule has 0 fully saturated rings. The predicted octanol–water partition coefficient (Wildman–Crippen LogP) is 4.62. The van der Waals surface area contributed by atoms with Crippen LogP contribution < -0.4 is 10.0 Å². The van der Waals surface area contributed by atoms with Crippen molar-refractivity contribution in [1.82, 2.24) is 5.32 Å². The maximum absolute atomic E-state index is 13.9. The second-order valence-corrected chi connectivity index (χ2v) is 7.88. The fourth-order valence-electron chi connectivity index (χ4n) is 2.27. The highest BCUT2D eigenvalue weighted by molar-refractivity contribution is 8.00. The van der Waals surface area contributed by atoms with Crippen LogP contribution in [0.4, 0.5) is 14.5 Å². The number of anilines is 1. The highest BCUT2D eigenvalue weighted by Crippen LogP contribution is 2.27. The average Bonchev–Trinajstić information content (AvgIpc) is 2.53. The minimum Gasteiger partial charge on any atom is -0.478 e. The quantitative estimate of drug-likeness (QED) is 0.645. The molecule has 0 atom stereocenters.